The molecule has 96 valence electrons. The van der Waals surface area contributed by atoms with Crippen molar-refractivity contribution in [2.45, 2.75) is 19.8 Å². The lowest BCUT2D eigenvalue weighted by atomic mass is 10.3. The topological polar surface area (TPSA) is 100 Å². The van der Waals surface area contributed by atoms with Gasteiger partial charge in [0.2, 0.25) is 0 Å². The van der Waals surface area contributed by atoms with E-state index in [9.17, 15) is 4.79 Å². The lowest BCUT2D eigenvalue weighted by molar-refractivity contribution is 0.0957. The quantitative estimate of drug-likeness (QED) is 0.538. The smallest absolute Gasteiger partial charge is 0.265 e. The van der Waals surface area contributed by atoms with Crippen LogP contribution in [0.2, 0.25) is 0 Å². The van der Waals surface area contributed by atoms with E-state index in [2.05, 4.69) is 15.6 Å². The molecule has 7 heteroatoms. The number of aromatic nitrogens is 1. The summed E-state index contributed by atoms with van der Waals surface area (Å²) in [5, 5.41) is 15.0. The number of carbonyl (C=O) groups is 1. The Hall–Kier alpha value is -1.34. The number of nitrogen functional groups attached to an aromatic ring is 1. The van der Waals surface area contributed by atoms with E-state index in [0.717, 1.165) is 13.0 Å². The van der Waals surface area contributed by atoms with Crippen LogP contribution in [0.5, 0.6) is 0 Å². The van der Waals surface area contributed by atoms with E-state index in [1.54, 1.807) is 0 Å². The molecule has 1 aromatic rings. The van der Waals surface area contributed by atoms with Gasteiger partial charge < -0.3 is 21.5 Å². The second-order valence-corrected chi connectivity index (χ2v) is 4.45. The summed E-state index contributed by atoms with van der Waals surface area (Å²) in [6, 6.07) is 0. The number of unbranched alkanes of at least 4 members (excludes halogenated alkanes) is 1. The van der Waals surface area contributed by atoms with Crippen molar-refractivity contribution in [3.8, 4) is 0 Å². The molecule has 0 bridgehead atoms. The van der Waals surface area contributed by atoms with E-state index in [4.69, 9.17) is 10.8 Å². The van der Waals surface area contributed by atoms with E-state index >= 15 is 0 Å². The zero-order chi connectivity index (χ0) is 12.7. The Morgan fingerprint density at radius 3 is 2.94 bits per heavy atom. The molecule has 5 N–H and O–H groups in total. The first-order valence-corrected chi connectivity index (χ1v) is 6.40. The Morgan fingerprint density at radius 1 is 1.53 bits per heavy atom. The second-order valence-electron chi connectivity index (χ2n) is 3.45. The van der Waals surface area contributed by atoms with Gasteiger partial charge >= 0.3 is 0 Å². The summed E-state index contributed by atoms with van der Waals surface area (Å²) in [6.45, 7) is 3.37. The van der Waals surface area contributed by atoms with Crippen molar-refractivity contribution in [1.82, 2.24) is 10.3 Å². The number of aliphatic hydroxyl groups is 1. The van der Waals surface area contributed by atoms with Crippen molar-refractivity contribution >= 4 is 28.2 Å². The monoisotopic (exact) mass is 258 g/mol. The average Bonchev–Trinajstić information content (AvgIpc) is 2.66. The Kier molecular flexibility index (Phi) is 5.71. The van der Waals surface area contributed by atoms with Gasteiger partial charge in [0.15, 0.2) is 5.13 Å². The molecule has 1 amide bonds. The van der Waals surface area contributed by atoms with Gasteiger partial charge in [0.1, 0.15) is 10.7 Å². The number of nitrogens with zero attached hydrogens (tertiary/aromatic N) is 1. The van der Waals surface area contributed by atoms with Crippen molar-refractivity contribution in [3.05, 3.63) is 4.88 Å². The summed E-state index contributed by atoms with van der Waals surface area (Å²) in [6.07, 6.45) is 1.43. The molecule has 0 saturated heterocycles. The Bertz CT molecular complexity index is 367. The molecule has 0 saturated carbocycles. The maximum absolute atomic E-state index is 11.7. The largest absolute Gasteiger partial charge is 0.396 e. The van der Waals surface area contributed by atoms with Crippen molar-refractivity contribution in [1.29, 1.82) is 0 Å². The molecular weight excluding hydrogens is 240 g/mol. The van der Waals surface area contributed by atoms with E-state index in [-0.39, 0.29) is 18.3 Å². The number of anilines is 2. The number of aliphatic hydroxyl groups excluding tert-OH is 1. The molecule has 0 aliphatic heterocycles. The van der Waals surface area contributed by atoms with Crippen LogP contribution in [0.3, 0.4) is 0 Å². The maximum atomic E-state index is 11.7. The second kappa shape index (κ2) is 7.08. The lowest BCUT2D eigenvalue weighted by Crippen LogP contribution is -2.24. The molecule has 0 aliphatic carbocycles. The molecule has 0 radical (unpaired) electrons. The van der Waals surface area contributed by atoms with Crippen molar-refractivity contribution in [2.75, 3.05) is 30.7 Å². The van der Waals surface area contributed by atoms with Gasteiger partial charge in [-0.2, -0.15) is 0 Å². The fourth-order valence-corrected chi connectivity index (χ4v) is 2.11. The van der Waals surface area contributed by atoms with Crippen LogP contribution in [-0.4, -0.2) is 35.7 Å². The van der Waals surface area contributed by atoms with E-state index in [1.165, 1.54) is 11.3 Å². The van der Waals surface area contributed by atoms with Crippen molar-refractivity contribution in [2.24, 2.45) is 0 Å². The minimum atomic E-state index is -0.206. The summed E-state index contributed by atoms with van der Waals surface area (Å²) in [4.78, 5) is 16.2. The minimum Gasteiger partial charge on any atom is -0.396 e. The van der Waals surface area contributed by atoms with E-state index in [0.29, 0.717) is 23.0 Å². The van der Waals surface area contributed by atoms with Gasteiger partial charge in [-0.1, -0.05) is 11.3 Å². The van der Waals surface area contributed by atoms with E-state index in [1.807, 2.05) is 6.92 Å². The van der Waals surface area contributed by atoms with Crippen LogP contribution in [0, 0.1) is 0 Å². The zero-order valence-electron chi connectivity index (χ0n) is 9.82. The van der Waals surface area contributed by atoms with E-state index < -0.39 is 0 Å². The van der Waals surface area contributed by atoms with Crippen LogP contribution in [-0.2, 0) is 0 Å². The highest BCUT2D eigenvalue weighted by molar-refractivity contribution is 7.18. The summed E-state index contributed by atoms with van der Waals surface area (Å²) >= 11 is 1.25. The molecular formula is C10H18N4O2S. The first kappa shape index (κ1) is 13.7. The Balaban J connectivity index is 2.50. The Morgan fingerprint density at radius 2 is 2.29 bits per heavy atom. The Labute approximate surface area is 104 Å². The van der Waals surface area contributed by atoms with Crippen LogP contribution >= 0.6 is 11.3 Å². The molecule has 17 heavy (non-hydrogen) atoms. The summed E-state index contributed by atoms with van der Waals surface area (Å²) in [5.74, 6) is 0.0488. The van der Waals surface area contributed by atoms with Gasteiger partial charge in [-0.25, -0.2) is 4.98 Å². The molecule has 0 spiro atoms. The highest BCUT2D eigenvalue weighted by atomic mass is 32.1. The summed E-state index contributed by atoms with van der Waals surface area (Å²) in [5.41, 5.74) is 5.66. The van der Waals surface area contributed by atoms with Gasteiger partial charge in [0.05, 0.1) is 0 Å². The molecule has 0 fully saturated rings. The first-order valence-electron chi connectivity index (χ1n) is 5.58. The standard InChI is InChI=1S/C10H18N4O2S/c1-2-12-10-14-8(11)7(17-10)9(16)13-5-3-4-6-15/h15H,2-6,11H2,1H3,(H,12,14)(H,13,16). The average molecular weight is 258 g/mol. The molecule has 0 aliphatic rings. The number of hydrogen-bond acceptors (Lipinski definition) is 6. The molecule has 0 aromatic carbocycles. The summed E-state index contributed by atoms with van der Waals surface area (Å²) in [7, 11) is 0. The molecule has 1 aromatic heterocycles. The van der Waals surface area contributed by atoms with Crippen LogP contribution < -0.4 is 16.4 Å². The van der Waals surface area contributed by atoms with Crippen LogP contribution in [0.25, 0.3) is 0 Å². The highest BCUT2D eigenvalue weighted by Gasteiger charge is 2.15. The summed E-state index contributed by atoms with van der Waals surface area (Å²) < 4.78 is 0. The predicted octanol–water partition coefficient (Wildman–Crippen LogP) is 0.659. The van der Waals surface area contributed by atoms with Crippen molar-refractivity contribution < 1.29 is 9.90 Å². The van der Waals surface area contributed by atoms with Gasteiger partial charge in [-0.15, -0.1) is 0 Å². The fourth-order valence-electron chi connectivity index (χ4n) is 1.24. The molecule has 0 unspecified atom stereocenters. The third kappa shape index (κ3) is 4.20. The molecule has 0 atom stereocenters. The third-order valence-electron chi connectivity index (χ3n) is 2.06. The van der Waals surface area contributed by atoms with Gasteiger partial charge in [-0.3, -0.25) is 4.79 Å². The fraction of sp³-hybridized carbons (Fsp3) is 0.600. The van der Waals surface area contributed by atoms with Crippen LogP contribution in [0.1, 0.15) is 29.4 Å². The number of amides is 1. The minimum absolute atomic E-state index is 0.142. The lowest BCUT2D eigenvalue weighted by Gasteiger charge is -2.02. The van der Waals surface area contributed by atoms with Gasteiger partial charge in [0, 0.05) is 19.7 Å². The normalized spacial score (nSPS) is 10.2. The first-order chi connectivity index (χ1) is 8.19. The zero-order valence-corrected chi connectivity index (χ0v) is 10.6. The SMILES string of the molecule is CCNc1nc(N)c(C(=O)NCCCCO)s1. The number of thiazole rings is 1. The maximum Gasteiger partial charge on any atom is 0.265 e. The van der Waals surface area contributed by atoms with Gasteiger partial charge in [-0.05, 0) is 19.8 Å². The van der Waals surface area contributed by atoms with Crippen LogP contribution in [0.15, 0.2) is 0 Å². The molecule has 1 rings (SSSR count). The number of nitrogens with two attached hydrogens (primary N) is 1. The molecule has 6 nitrogen and oxygen atoms in total. The predicted molar refractivity (Wildman–Crippen MR) is 69.3 cm³/mol. The number of hydrogen-bond donors (Lipinski definition) is 4. The third-order valence-corrected chi connectivity index (χ3v) is 3.09. The van der Waals surface area contributed by atoms with Gasteiger partial charge in [0.25, 0.3) is 5.91 Å². The molecule has 1 heterocycles. The number of rotatable bonds is 7. The van der Waals surface area contributed by atoms with Crippen LogP contribution in [0.4, 0.5) is 10.9 Å². The highest BCUT2D eigenvalue weighted by Crippen LogP contribution is 2.24. The number of nitrogens with one attached hydrogen (secondary N) is 2. The number of carbonyl (C=O) groups excluding carboxylic acids is 1. The van der Waals surface area contributed by atoms with Crippen molar-refractivity contribution in [3.63, 3.8) is 0 Å².